The van der Waals surface area contributed by atoms with Crippen molar-refractivity contribution in [1.82, 2.24) is 14.9 Å². The molecule has 6 heteroatoms. The second-order valence-corrected chi connectivity index (χ2v) is 8.50. The first kappa shape index (κ1) is 18.6. The van der Waals surface area contributed by atoms with Crippen molar-refractivity contribution in [2.75, 3.05) is 31.1 Å². The lowest BCUT2D eigenvalue weighted by Crippen LogP contribution is -2.42. The standard InChI is InChI=1S/C23H28N4O2/c28-18-11-14-27(15-18)23(29)17-9-12-26(13-10-17)22-19-7-4-8-20(19)24-21(25-22)16-5-2-1-3-6-16/h1-3,5-6,17-18,28H,4,7-15H2/t18-/m0/s1. The third-order valence-electron chi connectivity index (χ3n) is 6.56. The number of hydrogen-bond acceptors (Lipinski definition) is 5. The van der Waals surface area contributed by atoms with E-state index in [0.29, 0.717) is 19.5 Å². The number of amides is 1. The Balaban J connectivity index is 1.34. The van der Waals surface area contributed by atoms with E-state index in [1.807, 2.05) is 23.1 Å². The molecule has 5 rings (SSSR count). The van der Waals surface area contributed by atoms with Crippen LogP contribution >= 0.6 is 0 Å². The van der Waals surface area contributed by atoms with Gasteiger partial charge in [0.1, 0.15) is 5.82 Å². The van der Waals surface area contributed by atoms with Crippen LogP contribution in [0.4, 0.5) is 5.82 Å². The molecule has 29 heavy (non-hydrogen) atoms. The second-order valence-electron chi connectivity index (χ2n) is 8.50. The molecule has 152 valence electrons. The van der Waals surface area contributed by atoms with E-state index in [1.165, 1.54) is 11.3 Å². The summed E-state index contributed by atoms with van der Waals surface area (Å²) in [5.41, 5.74) is 3.55. The van der Waals surface area contributed by atoms with Crippen molar-refractivity contribution in [2.24, 2.45) is 5.92 Å². The first-order valence-corrected chi connectivity index (χ1v) is 10.9. The Hall–Kier alpha value is -2.47. The highest BCUT2D eigenvalue weighted by Gasteiger charge is 2.33. The number of fused-ring (bicyclic) bond motifs is 1. The largest absolute Gasteiger partial charge is 0.391 e. The van der Waals surface area contributed by atoms with Gasteiger partial charge in [-0.2, -0.15) is 0 Å². The minimum atomic E-state index is -0.348. The summed E-state index contributed by atoms with van der Waals surface area (Å²) < 4.78 is 0. The molecule has 2 saturated heterocycles. The summed E-state index contributed by atoms with van der Waals surface area (Å²) in [5.74, 6) is 2.18. The van der Waals surface area contributed by atoms with Gasteiger partial charge in [-0.25, -0.2) is 9.97 Å². The van der Waals surface area contributed by atoms with E-state index in [-0.39, 0.29) is 17.9 Å². The first-order chi connectivity index (χ1) is 14.2. The van der Waals surface area contributed by atoms with Crippen molar-refractivity contribution in [3.05, 3.63) is 41.6 Å². The van der Waals surface area contributed by atoms with Crippen molar-refractivity contribution >= 4 is 11.7 Å². The Morgan fingerprint density at radius 3 is 2.52 bits per heavy atom. The molecule has 2 fully saturated rings. The number of benzene rings is 1. The zero-order valence-electron chi connectivity index (χ0n) is 16.8. The lowest BCUT2D eigenvalue weighted by Gasteiger charge is -2.34. The fraction of sp³-hybridized carbons (Fsp3) is 0.522. The number of aliphatic hydroxyl groups is 1. The number of carbonyl (C=O) groups excluding carboxylic acids is 1. The van der Waals surface area contributed by atoms with E-state index in [2.05, 4.69) is 17.0 Å². The predicted molar refractivity (Wildman–Crippen MR) is 112 cm³/mol. The average Bonchev–Trinajstić information content (AvgIpc) is 3.42. The van der Waals surface area contributed by atoms with Crippen LogP contribution in [0, 0.1) is 5.92 Å². The molecular weight excluding hydrogens is 364 g/mol. The quantitative estimate of drug-likeness (QED) is 0.869. The Labute approximate surface area is 171 Å². The Morgan fingerprint density at radius 2 is 1.79 bits per heavy atom. The van der Waals surface area contributed by atoms with E-state index in [9.17, 15) is 9.90 Å². The molecule has 1 aliphatic carbocycles. The SMILES string of the molecule is O=C(C1CCN(c2nc(-c3ccccc3)nc3c2CCC3)CC1)N1CC[C@H](O)C1. The van der Waals surface area contributed by atoms with E-state index < -0.39 is 0 Å². The number of nitrogens with zero attached hydrogens (tertiary/aromatic N) is 4. The summed E-state index contributed by atoms with van der Waals surface area (Å²) >= 11 is 0. The molecule has 2 aromatic rings. The smallest absolute Gasteiger partial charge is 0.225 e. The minimum Gasteiger partial charge on any atom is -0.391 e. The molecule has 3 heterocycles. The molecule has 1 N–H and O–H groups in total. The van der Waals surface area contributed by atoms with Crippen molar-refractivity contribution in [3.8, 4) is 11.4 Å². The fourth-order valence-electron chi connectivity index (χ4n) is 4.93. The van der Waals surface area contributed by atoms with Crippen LogP contribution in [-0.4, -0.2) is 58.2 Å². The highest BCUT2D eigenvalue weighted by atomic mass is 16.3. The monoisotopic (exact) mass is 392 g/mol. The van der Waals surface area contributed by atoms with Gasteiger partial charge < -0.3 is 14.9 Å². The zero-order chi connectivity index (χ0) is 19.8. The Kier molecular flexibility index (Phi) is 4.96. The summed E-state index contributed by atoms with van der Waals surface area (Å²) in [4.78, 5) is 26.8. The van der Waals surface area contributed by atoms with Crippen LogP contribution in [0.3, 0.4) is 0 Å². The van der Waals surface area contributed by atoms with Gasteiger partial charge in [0.25, 0.3) is 0 Å². The Morgan fingerprint density at radius 1 is 1.00 bits per heavy atom. The molecule has 1 amide bonds. The number of carbonyl (C=O) groups is 1. The number of aliphatic hydroxyl groups excluding tert-OH is 1. The van der Waals surface area contributed by atoms with Crippen molar-refractivity contribution in [1.29, 1.82) is 0 Å². The maximum Gasteiger partial charge on any atom is 0.225 e. The summed E-state index contributed by atoms with van der Waals surface area (Å²) in [5, 5.41) is 9.73. The van der Waals surface area contributed by atoms with Gasteiger partial charge in [-0.05, 0) is 38.5 Å². The van der Waals surface area contributed by atoms with Crippen LogP contribution in [-0.2, 0) is 17.6 Å². The van der Waals surface area contributed by atoms with Crippen LogP contribution in [0.15, 0.2) is 30.3 Å². The van der Waals surface area contributed by atoms with Crippen LogP contribution in [0.25, 0.3) is 11.4 Å². The van der Waals surface area contributed by atoms with Gasteiger partial charge in [-0.1, -0.05) is 30.3 Å². The molecule has 0 spiro atoms. The van der Waals surface area contributed by atoms with Crippen LogP contribution in [0.5, 0.6) is 0 Å². The lowest BCUT2D eigenvalue weighted by atomic mass is 9.95. The molecule has 2 aliphatic heterocycles. The average molecular weight is 393 g/mol. The maximum atomic E-state index is 12.8. The lowest BCUT2D eigenvalue weighted by molar-refractivity contribution is -0.135. The number of aromatic nitrogens is 2. The molecule has 1 aromatic carbocycles. The minimum absolute atomic E-state index is 0.0695. The highest BCUT2D eigenvalue weighted by molar-refractivity contribution is 5.79. The van der Waals surface area contributed by atoms with Crippen molar-refractivity contribution < 1.29 is 9.90 Å². The zero-order valence-corrected chi connectivity index (χ0v) is 16.8. The summed E-state index contributed by atoms with van der Waals surface area (Å²) in [6.45, 7) is 2.90. The van der Waals surface area contributed by atoms with Gasteiger partial charge in [-0.15, -0.1) is 0 Å². The van der Waals surface area contributed by atoms with Gasteiger partial charge in [0.15, 0.2) is 5.82 Å². The van der Waals surface area contributed by atoms with Gasteiger partial charge in [0.2, 0.25) is 5.91 Å². The highest BCUT2D eigenvalue weighted by Crippen LogP contribution is 2.34. The fourth-order valence-corrected chi connectivity index (χ4v) is 4.93. The number of hydrogen-bond donors (Lipinski definition) is 1. The predicted octanol–water partition coefficient (Wildman–Crippen LogP) is 2.44. The van der Waals surface area contributed by atoms with Gasteiger partial charge in [-0.3, -0.25) is 4.79 Å². The maximum absolute atomic E-state index is 12.8. The molecule has 1 atom stereocenters. The number of β-amino-alcohol motifs (C(OH)–C–C–N with tert-alkyl or cyclic N) is 1. The van der Waals surface area contributed by atoms with E-state index in [4.69, 9.17) is 9.97 Å². The molecule has 0 unspecified atom stereocenters. The number of likely N-dealkylation sites (tertiary alicyclic amines) is 1. The van der Waals surface area contributed by atoms with Gasteiger partial charge in [0.05, 0.1) is 6.10 Å². The number of piperidine rings is 1. The third-order valence-corrected chi connectivity index (χ3v) is 6.56. The van der Waals surface area contributed by atoms with E-state index >= 15 is 0 Å². The molecule has 0 radical (unpaired) electrons. The van der Waals surface area contributed by atoms with Crippen LogP contribution in [0.2, 0.25) is 0 Å². The molecule has 0 saturated carbocycles. The molecule has 0 bridgehead atoms. The van der Waals surface area contributed by atoms with E-state index in [0.717, 1.165) is 62.4 Å². The molecule has 3 aliphatic rings. The molecule has 6 nitrogen and oxygen atoms in total. The van der Waals surface area contributed by atoms with E-state index in [1.54, 1.807) is 0 Å². The summed E-state index contributed by atoms with van der Waals surface area (Å²) in [7, 11) is 0. The topological polar surface area (TPSA) is 69.6 Å². The van der Waals surface area contributed by atoms with Crippen LogP contribution in [0.1, 0.15) is 36.9 Å². The summed E-state index contributed by atoms with van der Waals surface area (Å²) in [6, 6.07) is 10.2. The number of anilines is 1. The molecular formula is C23H28N4O2. The van der Waals surface area contributed by atoms with Crippen LogP contribution < -0.4 is 4.90 Å². The summed E-state index contributed by atoms with van der Waals surface area (Å²) in [6.07, 6.45) is 5.28. The molecule has 1 aromatic heterocycles. The van der Waals surface area contributed by atoms with Gasteiger partial charge in [0, 0.05) is 48.9 Å². The Bertz CT molecular complexity index is 893. The first-order valence-electron chi connectivity index (χ1n) is 10.9. The normalized spacial score (nSPS) is 22.2. The third kappa shape index (κ3) is 3.62. The van der Waals surface area contributed by atoms with Crippen molar-refractivity contribution in [3.63, 3.8) is 0 Å². The second kappa shape index (κ2) is 7.75. The number of aryl methyl sites for hydroxylation is 1. The number of rotatable bonds is 3. The van der Waals surface area contributed by atoms with Gasteiger partial charge >= 0.3 is 0 Å². The van der Waals surface area contributed by atoms with Crippen molar-refractivity contribution in [2.45, 2.75) is 44.6 Å².